The predicted octanol–water partition coefficient (Wildman–Crippen LogP) is 5.18. The molecule has 5 nitrogen and oxygen atoms in total. The second-order valence-electron chi connectivity index (χ2n) is 7.59. The highest BCUT2D eigenvalue weighted by molar-refractivity contribution is 7.89. The van der Waals surface area contributed by atoms with Crippen LogP contribution in [0.25, 0.3) is 0 Å². The van der Waals surface area contributed by atoms with Crippen molar-refractivity contribution in [2.45, 2.75) is 37.1 Å². The third-order valence-corrected chi connectivity index (χ3v) is 7.29. The van der Waals surface area contributed by atoms with Gasteiger partial charge in [0.15, 0.2) is 0 Å². The monoisotopic (exact) mass is 471 g/mol. The highest BCUT2D eigenvalue weighted by Crippen LogP contribution is 2.21. The molecule has 0 amide bonds. The molecule has 0 fully saturated rings. The number of sulfonamides is 1. The Morgan fingerprint density at radius 3 is 2.00 bits per heavy atom. The second-order valence-corrected chi connectivity index (χ2v) is 9.97. The summed E-state index contributed by atoms with van der Waals surface area (Å²) in [7, 11) is -3.70. The molecule has 0 saturated carbocycles. The summed E-state index contributed by atoms with van der Waals surface area (Å²) in [6.45, 7) is 0.608. The van der Waals surface area contributed by atoms with Crippen LogP contribution in [0.1, 0.15) is 29.5 Å². The van der Waals surface area contributed by atoms with E-state index in [-0.39, 0.29) is 17.9 Å². The van der Waals surface area contributed by atoms with Gasteiger partial charge in [-0.05, 0) is 60.2 Å². The van der Waals surface area contributed by atoms with Gasteiger partial charge in [0.2, 0.25) is 10.0 Å². The van der Waals surface area contributed by atoms with Crippen LogP contribution in [0.5, 0.6) is 0 Å². The van der Waals surface area contributed by atoms with Crippen molar-refractivity contribution in [3.63, 3.8) is 0 Å². The number of hydrogen-bond acceptors (Lipinski definition) is 3. The number of carbonyl (C=O) groups is 1. The number of aryl methyl sites for hydroxylation is 1. The van der Waals surface area contributed by atoms with Crippen molar-refractivity contribution >= 4 is 27.6 Å². The zero-order chi connectivity index (χ0) is 23.0. The molecule has 0 heterocycles. The van der Waals surface area contributed by atoms with E-state index in [2.05, 4.69) is 0 Å². The van der Waals surface area contributed by atoms with Gasteiger partial charge in [0, 0.05) is 24.5 Å². The van der Waals surface area contributed by atoms with Crippen molar-refractivity contribution in [2.75, 3.05) is 6.54 Å². The van der Waals surface area contributed by atoms with Gasteiger partial charge in [-0.25, -0.2) is 8.42 Å². The van der Waals surface area contributed by atoms with Crippen molar-refractivity contribution in [1.29, 1.82) is 0 Å². The minimum atomic E-state index is -3.70. The van der Waals surface area contributed by atoms with Gasteiger partial charge in [0.05, 0.1) is 4.90 Å². The number of benzene rings is 3. The van der Waals surface area contributed by atoms with Crippen molar-refractivity contribution < 1.29 is 18.3 Å². The van der Waals surface area contributed by atoms with Crippen LogP contribution in [0.15, 0.2) is 83.8 Å². The summed E-state index contributed by atoms with van der Waals surface area (Å²) >= 11 is 5.93. The van der Waals surface area contributed by atoms with Crippen LogP contribution >= 0.6 is 11.6 Å². The van der Waals surface area contributed by atoms with E-state index in [1.54, 1.807) is 12.1 Å². The lowest BCUT2D eigenvalue weighted by atomic mass is 10.0. The first-order valence-corrected chi connectivity index (χ1v) is 12.3. The maximum absolute atomic E-state index is 13.3. The molecule has 0 atom stereocenters. The highest BCUT2D eigenvalue weighted by Gasteiger charge is 2.24. The quantitative estimate of drug-likeness (QED) is 0.418. The number of carboxylic acid groups (broad SMARTS) is 1. The highest BCUT2D eigenvalue weighted by atomic mass is 35.5. The summed E-state index contributed by atoms with van der Waals surface area (Å²) in [6.07, 6.45) is 2.02. The molecular formula is C25H26ClNO4S. The summed E-state index contributed by atoms with van der Waals surface area (Å²) in [6, 6.07) is 23.7. The number of aliphatic carboxylic acids is 1. The Kier molecular flexibility index (Phi) is 8.45. The minimum Gasteiger partial charge on any atom is -0.481 e. The lowest BCUT2D eigenvalue weighted by Gasteiger charge is -2.22. The first-order chi connectivity index (χ1) is 15.3. The fraction of sp³-hybridized carbons (Fsp3) is 0.240. The Bertz CT molecular complexity index is 1110. The molecule has 7 heteroatoms. The van der Waals surface area contributed by atoms with Crippen LogP contribution in [0.4, 0.5) is 0 Å². The third-order valence-electron chi connectivity index (χ3n) is 5.18. The van der Waals surface area contributed by atoms with Crippen LogP contribution in [0.2, 0.25) is 5.02 Å². The van der Waals surface area contributed by atoms with Crippen molar-refractivity contribution in [1.82, 2.24) is 4.31 Å². The summed E-state index contributed by atoms with van der Waals surface area (Å²) in [5.74, 6) is -0.790. The van der Waals surface area contributed by atoms with Crippen LogP contribution in [-0.4, -0.2) is 30.3 Å². The normalized spacial score (nSPS) is 11.6. The summed E-state index contributed by atoms with van der Waals surface area (Å²) < 4.78 is 28.2. The number of carboxylic acids is 1. The summed E-state index contributed by atoms with van der Waals surface area (Å²) in [4.78, 5) is 10.9. The summed E-state index contributed by atoms with van der Waals surface area (Å²) in [5.41, 5.74) is 3.01. The van der Waals surface area contributed by atoms with Gasteiger partial charge in [-0.15, -0.1) is 0 Å². The number of nitrogens with zero attached hydrogens (tertiary/aromatic N) is 1. The van der Waals surface area contributed by atoms with Gasteiger partial charge >= 0.3 is 5.97 Å². The van der Waals surface area contributed by atoms with Crippen LogP contribution in [0, 0.1) is 0 Å². The standard InChI is InChI=1S/C25H26ClNO4S/c26-23-13-15-24(16-14-23)32(30,31)27(19-22-5-2-1-3-6-22)18-17-21-11-9-20(10-12-21)7-4-8-25(28)29/h1-3,5-6,9-16H,4,7-8,17-19H2,(H,28,29). The van der Waals surface area contributed by atoms with E-state index in [0.29, 0.717) is 30.8 Å². The van der Waals surface area contributed by atoms with Crippen molar-refractivity contribution in [2.24, 2.45) is 0 Å². The fourth-order valence-electron chi connectivity index (χ4n) is 3.40. The van der Waals surface area contributed by atoms with Gasteiger partial charge < -0.3 is 5.11 Å². The fourth-order valence-corrected chi connectivity index (χ4v) is 4.95. The number of rotatable bonds is 11. The van der Waals surface area contributed by atoms with E-state index < -0.39 is 16.0 Å². The van der Waals surface area contributed by atoms with Crippen LogP contribution in [-0.2, 0) is 34.2 Å². The molecule has 0 radical (unpaired) electrons. The first-order valence-electron chi connectivity index (χ1n) is 10.4. The third kappa shape index (κ3) is 6.92. The molecule has 1 N–H and O–H groups in total. The van der Waals surface area contributed by atoms with E-state index in [4.69, 9.17) is 16.7 Å². The molecule has 0 saturated heterocycles. The second kappa shape index (κ2) is 11.3. The van der Waals surface area contributed by atoms with E-state index in [0.717, 1.165) is 16.7 Å². The lowest BCUT2D eigenvalue weighted by molar-refractivity contribution is -0.137. The molecule has 3 aromatic carbocycles. The lowest BCUT2D eigenvalue weighted by Crippen LogP contribution is -2.32. The van der Waals surface area contributed by atoms with E-state index in [1.165, 1.54) is 16.4 Å². The average molecular weight is 472 g/mol. The molecule has 0 aliphatic rings. The molecule has 3 rings (SSSR count). The molecular weight excluding hydrogens is 446 g/mol. The number of hydrogen-bond donors (Lipinski definition) is 1. The Labute approximate surface area is 194 Å². The van der Waals surface area contributed by atoms with Crippen LogP contribution < -0.4 is 0 Å². The topological polar surface area (TPSA) is 74.7 Å². The molecule has 0 unspecified atom stereocenters. The van der Waals surface area contributed by atoms with Crippen molar-refractivity contribution in [3.05, 3.63) is 101 Å². The SMILES string of the molecule is O=C(O)CCCc1ccc(CCN(Cc2ccccc2)S(=O)(=O)c2ccc(Cl)cc2)cc1. The van der Waals surface area contributed by atoms with Gasteiger partial charge in [-0.2, -0.15) is 4.31 Å². The van der Waals surface area contributed by atoms with Gasteiger partial charge in [-0.1, -0.05) is 66.2 Å². The van der Waals surface area contributed by atoms with Gasteiger partial charge in [0.1, 0.15) is 0 Å². The maximum Gasteiger partial charge on any atom is 0.303 e. The smallest absolute Gasteiger partial charge is 0.303 e. The maximum atomic E-state index is 13.3. The number of halogens is 1. The molecule has 0 aromatic heterocycles. The Balaban J connectivity index is 1.73. The average Bonchev–Trinajstić information content (AvgIpc) is 2.78. The molecule has 0 aliphatic carbocycles. The first kappa shape index (κ1) is 24.0. The zero-order valence-electron chi connectivity index (χ0n) is 17.7. The van der Waals surface area contributed by atoms with Crippen molar-refractivity contribution in [3.8, 4) is 0 Å². The predicted molar refractivity (Wildman–Crippen MR) is 126 cm³/mol. The van der Waals surface area contributed by atoms with Crippen LogP contribution in [0.3, 0.4) is 0 Å². The van der Waals surface area contributed by atoms with Gasteiger partial charge in [-0.3, -0.25) is 4.79 Å². The molecule has 0 spiro atoms. The molecule has 32 heavy (non-hydrogen) atoms. The largest absolute Gasteiger partial charge is 0.481 e. The molecule has 0 bridgehead atoms. The summed E-state index contributed by atoms with van der Waals surface area (Å²) in [5, 5.41) is 9.25. The Morgan fingerprint density at radius 1 is 0.812 bits per heavy atom. The molecule has 0 aliphatic heterocycles. The van der Waals surface area contributed by atoms with E-state index in [9.17, 15) is 13.2 Å². The Hall–Kier alpha value is -2.67. The Morgan fingerprint density at radius 2 is 1.41 bits per heavy atom. The minimum absolute atomic E-state index is 0.152. The molecule has 3 aromatic rings. The van der Waals surface area contributed by atoms with Gasteiger partial charge in [0.25, 0.3) is 0 Å². The van der Waals surface area contributed by atoms with E-state index >= 15 is 0 Å². The molecule has 168 valence electrons. The van der Waals surface area contributed by atoms with E-state index in [1.807, 2.05) is 54.6 Å². The zero-order valence-corrected chi connectivity index (χ0v) is 19.2.